The molecule has 0 aliphatic heterocycles. The summed E-state index contributed by atoms with van der Waals surface area (Å²) in [5, 5.41) is 0. The molecule has 0 unspecified atom stereocenters. The maximum absolute atomic E-state index is 3.83. The zero-order chi connectivity index (χ0) is 8.65. The maximum atomic E-state index is 3.83. The molecule has 1 aromatic carbocycles. The van der Waals surface area contributed by atoms with Crippen LogP contribution in [0.4, 0.5) is 0 Å². The highest BCUT2D eigenvalue weighted by Crippen LogP contribution is 2.04. The number of aryl methyl sites for hydroxylation is 1. The normalized spacial score (nSPS) is 10.1. The molecule has 0 fully saturated rings. The number of unbranched alkanes of at least 4 members (excludes halogenated alkanes) is 2. The molecule has 0 saturated carbocycles. The minimum Gasteiger partial charge on any atom is -0.358 e. The molecule has 0 atom stereocenters. The number of hydrogen-bond acceptors (Lipinski definition) is 0. The molecule has 1 rings (SSSR count). The van der Waals surface area contributed by atoms with Gasteiger partial charge in [-0.05, 0) is 31.2 Å². The SMILES string of the molecule is [NH3+]CCCCCc1ccccc1. The van der Waals surface area contributed by atoms with Crippen molar-refractivity contribution in [3.8, 4) is 0 Å². The Morgan fingerprint density at radius 1 is 0.917 bits per heavy atom. The minimum absolute atomic E-state index is 1.08. The van der Waals surface area contributed by atoms with Gasteiger partial charge in [-0.25, -0.2) is 0 Å². The summed E-state index contributed by atoms with van der Waals surface area (Å²) < 4.78 is 0. The van der Waals surface area contributed by atoms with Crippen molar-refractivity contribution in [2.24, 2.45) is 0 Å². The molecule has 12 heavy (non-hydrogen) atoms. The van der Waals surface area contributed by atoms with Gasteiger partial charge in [-0.1, -0.05) is 30.3 Å². The average Bonchev–Trinajstić information content (AvgIpc) is 2.14. The fourth-order valence-corrected chi connectivity index (χ4v) is 1.33. The van der Waals surface area contributed by atoms with Gasteiger partial charge >= 0.3 is 0 Å². The fourth-order valence-electron chi connectivity index (χ4n) is 1.33. The predicted octanol–water partition coefficient (Wildman–Crippen LogP) is 1.64. The van der Waals surface area contributed by atoms with E-state index in [1.807, 2.05) is 0 Å². The third kappa shape index (κ3) is 3.54. The van der Waals surface area contributed by atoms with Crippen LogP contribution in [0.25, 0.3) is 0 Å². The summed E-state index contributed by atoms with van der Waals surface area (Å²) in [5.74, 6) is 0. The van der Waals surface area contributed by atoms with Crippen LogP contribution in [0, 0.1) is 0 Å². The van der Waals surface area contributed by atoms with Gasteiger partial charge in [0, 0.05) is 0 Å². The first-order valence-corrected chi connectivity index (χ1v) is 4.76. The molecular formula is C11H18N+. The molecule has 0 spiro atoms. The molecule has 0 heterocycles. The van der Waals surface area contributed by atoms with E-state index in [2.05, 4.69) is 36.1 Å². The second kappa shape index (κ2) is 5.78. The molecule has 0 bridgehead atoms. The summed E-state index contributed by atoms with van der Waals surface area (Å²) >= 11 is 0. The van der Waals surface area contributed by atoms with E-state index in [0.717, 1.165) is 6.54 Å². The third-order valence-electron chi connectivity index (χ3n) is 2.06. The van der Waals surface area contributed by atoms with Crippen molar-refractivity contribution in [3.63, 3.8) is 0 Å². The third-order valence-corrected chi connectivity index (χ3v) is 2.06. The number of quaternary nitrogens is 1. The highest BCUT2D eigenvalue weighted by molar-refractivity contribution is 5.14. The van der Waals surface area contributed by atoms with Crippen LogP contribution < -0.4 is 5.73 Å². The van der Waals surface area contributed by atoms with E-state index in [-0.39, 0.29) is 0 Å². The fraction of sp³-hybridized carbons (Fsp3) is 0.455. The summed E-state index contributed by atoms with van der Waals surface area (Å²) in [7, 11) is 0. The summed E-state index contributed by atoms with van der Waals surface area (Å²) in [6.45, 7) is 1.08. The number of hydrogen-bond donors (Lipinski definition) is 1. The molecule has 3 N–H and O–H groups in total. The molecular weight excluding hydrogens is 146 g/mol. The Labute approximate surface area is 74.6 Å². The first kappa shape index (κ1) is 9.27. The van der Waals surface area contributed by atoms with Gasteiger partial charge in [-0.15, -0.1) is 0 Å². The van der Waals surface area contributed by atoms with Gasteiger partial charge < -0.3 is 5.73 Å². The van der Waals surface area contributed by atoms with Crippen LogP contribution in [0.2, 0.25) is 0 Å². The van der Waals surface area contributed by atoms with E-state index in [1.54, 1.807) is 0 Å². The molecule has 0 saturated heterocycles. The lowest BCUT2D eigenvalue weighted by Crippen LogP contribution is -2.50. The molecule has 0 aromatic heterocycles. The predicted molar refractivity (Wildman–Crippen MR) is 51.8 cm³/mol. The van der Waals surface area contributed by atoms with Crippen molar-refractivity contribution in [3.05, 3.63) is 35.9 Å². The van der Waals surface area contributed by atoms with Crippen molar-refractivity contribution in [1.29, 1.82) is 0 Å². The average molecular weight is 164 g/mol. The van der Waals surface area contributed by atoms with Crippen molar-refractivity contribution in [2.75, 3.05) is 6.54 Å². The van der Waals surface area contributed by atoms with E-state index in [9.17, 15) is 0 Å². The Morgan fingerprint density at radius 2 is 1.67 bits per heavy atom. The Kier molecular flexibility index (Phi) is 4.47. The Morgan fingerprint density at radius 3 is 2.33 bits per heavy atom. The zero-order valence-electron chi connectivity index (χ0n) is 7.63. The van der Waals surface area contributed by atoms with Crippen LogP contribution >= 0.6 is 0 Å². The van der Waals surface area contributed by atoms with Gasteiger partial charge in [0.25, 0.3) is 0 Å². The van der Waals surface area contributed by atoms with Gasteiger partial charge in [-0.2, -0.15) is 0 Å². The van der Waals surface area contributed by atoms with Gasteiger partial charge in [-0.3, -0.25) is 0 Å². The minimum atomic E-state index is 1.08. The van der Waals surface area contributed by atoms with Crippen LogP contribution in [0.3, 0.4) is 0 Å². The first-order chi connectivity index (χ1) is 5.93. The summed E-state index contributed by atoms with van der Waals surface area (Å²) in [6, 6.07) is 10.7. The topological polar surface area (TPSA) is 27.6 Å². The highest BCUT2D eigenvalue weighted by Gasteiger charge is 1.91. The van der Waals surface area contributed by atoms with E-state index < -0.39 is 0 Å². The molecule has 0 amide bonds. The van der Waals surface area contributed by atoms with Gasteiger partial charge in [0.2, 0.25) is 0 Å². The molecule has 1 aromatic rings. The molecule has 66 valence electrons. The van der Waals surface area contributed by atoms with Crippen molar-refractivity contribution < 1.29 is 5.73 Å². The van der Waals surface area contributed by atoms with E-state index in [0.29, 0.717) is 0 Å². The number of benzene rings is 1. The highest BCUT2D eigenvalue weighted by atomic mass is 14.5. The molecule has 1 nitrogen and oxygen atoms in total. The van der Waals surface area contributed by atoms with E-state index in [4.69, 9.17) is 0 Å². The van der Waals surface area contributed by atoms with E-state index in [1.165, 1.54) is 31.2 Å². The summed E-state index contributed by atoms with van der Waals surface area (Å²) in [5.41, 5.74) is 5.29. The lowest BCUT2D eigenvalue weighted by Gasteiger charge is -1.98. The van der Waals surface area contributed by atoms with Gasteiger partial charge in [0.1, 0.15) is 0 Å². The second-order valence-electron chi connectivity index (χ2n) is 3.15. The van der Waals surface area contributed by atoms with Crippen LogP contribution in [-0.4, -0.2) is 6.54 Å². The molecule has 1 heteroatoms. The van der Waals surface area contributed by atoms with Crippen LogP contribution in [0.15, 0.2) is 30.3 Å². The summed E-state index contributed by atoms with van der Waals surface area (Å²) in [4.78, 5) is 0. The lowest BCUT2D eigenvalue weighted by molar-refractivity contribution is -0.368. The zero-order valence-corrected chi connectivity index (χ0v) is 7.63. The van der Waals surface area contributed by atoms with Crippen LogP contribution in [0.1, 0.15) is 24.8 Å². The van der Waals surface area contributed by atoms with Gasteiger partial charge in [0.15, 0.2) is 0 Å². The van der Waals surface area contributed by atoms with Gasteiger partial charge in [0.05, 0.1) is 6.54 Å². The Hall–Kier alpha value is -0.820. The Balaban J connectivity index is 2.16. The van der Waals surface area contributed by atoms with Crippen molar-refractivity contribution >= 4 is 0 Å². The molecule has 0 aliphatic rings. The second-order valence-corrected chi connectivity index (χ2v) is 3.15. The standard InChI is InChI=1S/C11H17N/c12-10-6-2-5-9-11-7-3-1-4-8-11/h1,3-4,7-8H,2,5-6,9-10,12H2/p+1. The largest absolute Gasteiger partial charge is 0.358 e. The van der Waals surface area contributed by atoms with E-state index >= 15 is 0 Å². The van der Waals surface area contributed by atoms with Crippen LogP contribution in [0.5, 0.6) is 0 Å². The lowest BCUT2D eigenvalue weighted by atomic mass is 10.1. The Bertz CT molecular complexity index is 193. The molecule has 0 radical (unpaired) electrons. The molecule has 0 aliphatic carbocycles. The maximum Gasteiger partial charge on any atom is 0.0739 e. The van der Waals surface area contributed by atoms with Crippen molar-refractivity contribution in [2.45, 2.75) is 25.7 Å². The van der Waals surface area contributed by atoms with Crippen molar-refractivity contribution in [1.82, 2.24) is 0 Å². The van der Waals surface area contributed by atoms with Crippen LogP contribution in [-0.2, 0) is 6.42 Å². The monoisotopic (exact) mass is 164 g/mol. The summed E-state index contributed by atoms with van der Waals surface area (Å²) in [6.07, 6.45) is 5.12. The quantitative estimate of drug-likeness (QED) is 0.641. The number of rotatable bonds is 5. The smallest absolute Gasteiger partial charge is 0.0739 e. The first-order valence-electron chi connectivity index (χ1n) is 4.76.